The molecule has 1 aliphatic carbocycles. The van der Waals surface area contributed by atoms with Gasteiger partial charge in [-0.2, -0.15) is 0 Å². The summed E-state index contributed by atoms with van der Waals surface area (Å²) in [5.41, 5.74) is 4.00. The van der Waals surface area contributed by atoms with Gasteiger partial charge < -0.3 is 29.8 Å². The number of aliphatic hydroxyl groups excluding tert-OH is 1. The number of hydrogen-bond acceptors (Lipinski definition) is 6. The van der Waals surface area contributed by atoms with Crippen LogP contribution in [0.1, 0.15) is 84.3 Å². The quantitative estimate of drug-likeness (QED) is 0.480. The number of aryl methyl sites for hydroxylation is 2. The van der Waals surface area contributed by atoms with Gasteiger partial charge in [0.1, 0.15) is 6.10 Å². The predicted molar refractivity (Wildman–Crippen MR) is 151 cm³/mol. The zero-order chi connectivity index (χ0) is 28.9. The van der Waals surface area contributed by atoms with E-state index in [0.717, 1.165) is 42.5 Å². The summed E-state index contributed by atoms with van der Waals surface area (Å²) in [5, 5.41) is 13.2. The van der Waals surface area contributed by atoms with E-state index in [-0.39, 0.29) is 35.9 Å². The molecule has 3 heterocycles. The number of ether oxygens (including phenoxy) is 2. The molecule has 3 aliphatic rings. The minimum absolute atomic E-state index is 0.00275. The standard InChI is InChI=1S/C30H38ClN3O6/c1-6-22(35)28(37)33-19-9-7-18(8-10-19)30(5)39-25-17(4)23-20(24(31)26(25)40-30)11-12-34(29(23)38)14-21-15(2)13-16(3)32-27(21)36/h13,18-19,22,35H,6-12,14H2,1-5H3,(H,32,36)(H,33,37). The fraction of sp³-hybridized carbons (Fsp3) is 0.567. The maximum atomic E-state index is 13.7. The molecule has 1 saturated carbocycles. The third-order valence-corrected chi connectivity index (χ3v) is 9.18. The van der Waals surface area contributed by atoms with Gasteiger partial charge in [0, 0.05) is 42.2 Å². The Morgan fingerprint density at radius 1 is 1.20 bits per heavy atom. The number of halogens is 1. The van der Waals surface area contributed by atoms with E-state index < -0.39 is 11.9 Å². The van der Waals surface area contributed by atoms with E-state index in [4.69, 9.17) is 21.1 Å². The van der Waals surface area contributed by atoms with Crippen molar-refractivity contribution in [2.45, 2.75) is 97.6 Å². The smallest absolute Gasteiger partial charge is 0.254 e. The number of aromatic amines is 1. The maximum Gasteiger partial charge on any atom is 0.254 e. The van der Waals surface area contributed by atoms with Crippen LogP contribution < -0.4 is 20.3 Å². The van der Waals surface area contributed by atoms with Crippen molar-refractivity contribution in [1.29, 1.82) is 0 Å². The maximum absolute atomic E-state index is 13.7. The first-order chi connectivity index (χ1) is 18.9. The van der Waals surface area contributed by atoms with Crippen molar-refractivity contribution in [2.75, 3.05) is 6.54 Å². The van der Waals surface area contributed by atoms with Gasteiger partial charge in [-0.1, -0.05) is 18.5 Å². The lowest BCUT2D eigenvalue weighted by Crippen LogP contribution is -2.48. The zero-order valence-electron chi connectivity index (χ0n) is 23.8. The lowest BCUT2D eigenvalue weighted by Gasteiger charge is -2.37. The topological polar surface area (TPSA) is 121 Å². The van der Waals surface area contributed by atoms with Crippen LogP contribution >= 0.6 is 11.6 Å². The van der Waals surface area contributed by atoms with E-state index in [9.17, 15) is 19.5 Å². The molecule has 0 radical (unpaired) electrons. The fourth-order valence-corrected chi connectivity index (χ4v) is 6.67. The molecule has 1 aromatic carbocycles. The number of nitrogens with zero attached hydrogens (tertiary/aromatic N) is 1. The summed E-state index contributed by atoms with van der Waals surface area (Å²) in [6, 6.07) is 1.92. The van der Waals surface area contributed by atoms with Gasteiger partial charge in [0.2, 0.25) is 5.91 Å². The number of pyridine rings is 1. The van der Waals surface area contributed by atoms with Crippen molar-refractivity contribution in [1.82, 2.24) is 15.2 Å². The fourth-order valence-electron chi connectivity index (χ4n) is 6.36. The van der Waals surface area contributed by atoms with E-state index in [1.54, 1.807) is 11.8 Å². The molecule has 40 heavy (non-hydrogen) atoms. The van der Waals surface area contributed by atoms with Crippen LogP contribution in [0.3, 0.4) is 0 Å². The molecular weight excluding hydrogens is 534 g/mol. The molecule has 2 aliphatic heterocycles. The molecule has 1 aromatic heterocycles. The number of carbonyl (C=O) groups is 2. The van der Waals surface area contributed by atoms with Crippen LogP contribution in [0.15, 0.2) is 10.9 Å². The first kappa shape index (κ1) is 28.5. The Hall–Kier alpha value is -3.04. The highest BCUT2D eigenvalue weighted by atomic mass is 35.5. The van der Waals surface area contributed by atoms with E-state index >= 15 is 0 Å². The monoisotopic (exact) mass is 571 g/mol. The molecule has 0 spiro atoms. The minimum atomic E-state index is -0.984. The van der Waals surface area contributed by atoms with Crippen molar-refractivity contribution >= 4 is 23.4 Å². The number of amides is 2. The van der Waals surface area contributed by atoms with E-state index in [2.05, 4.69) is 10.3 Å². The van der Waals surface area contributed by atoms with Crippen molar-refractivity contribution < 1.29 is 24.2 Å². The molecule has 10 heteroatoms. The van der Waals surface area contributed by atoms with E-state index in [1.165, 1.54) is 0 Å². The van der Waals surface area contributed by atoms with Crippen LogP contribution in [-0.4, -0.2) is 51.3 Å². The van der Waals surface area contributed by atoms with Gasteiger partial charge in [-0.3, -0.25) is 14.4 Å². The first-order valence-electron chi connectivity index (χ1n) is 14.1. The van der Waals surface area contributed by atoms with Crippen LogP contribution in [-0.2, 0) is 17.8 Å². The Morgan fingerprint density at radius 2 is 1.88 bits per heavy atom. The van der Waals surface area contributed by atoms with Gasteiger partial charge >= 0.3 is 0 Å². The summed E-state index contributed by atoms with van der Waals surface area (Å²) in [5.74, 6) is -0.424. The predicted octanol–water partition coefficient (Wildman–Crippen LogP) is 4.09. The largest absolute Gasteiger partial charge is 0.448 e. The molecular formula is C30H38ClN3O6. The Bertz CT molecular complexity index is 1410. The zero-order valence-corrected chi connectivity index (χ0v) is 24.5. The molecule has 3 N–H and O–H groups in total. The minimum Gasteiger partial charge on any atom is -0.448 e. The summed E-state index contributed by atoms with van der Waals surface area (Å²) in [7, 11) is 0. The van der Waals surface area contributed by atoms with Gasteiger partial charge in [-0.15, -0.1) is 0 Å². The van der Waals surface area contributed by atoms with E-state index in [1.807, 2.05) is 33.8 Å². The van der Waals surface area contributed by atoms with Crippen molar-refractivity contribution in [3.05, 3.63) is 55.0 Å². The van der Waals surface area contributed by atoms with Crippen LogP contribution in [0.2, 0.25) is 5.02 Å². The summed E-state index contributed by atoms with van der Waals surface area (Å²) < 4.78 is 12.9. The molecule has 2 amide bonds. The highest BCUT2D eigenvalue weighted by molar-refractivity contribution is 6.34. The summed E-state index contributed by atoms with van der Waals surface area (Å²) in [6.45, 7) is 9.93. The Morgan fingerprint density at radius 3 is 2.52 bits per heavy atom. The number of aromatic nitrogens is 1. The van der Waals surface area contributed by atoms with Crippen LogP contribution in [0.5, 0.6) is 11.5 Å². The van der Waals surface area contributed by atoms with Crippen molar-refractivity contribution in [3.8, 4) is 11.5 Å². The Balaban J connectivity index is 1.34. The normalized spacial score (nSPS) is 24.6. The average Bonchev–Trinajstić information content (AvgIpc) is 3.29. The molecule has 0 saturated heterocycles. The third-order valence-electron chi connectivity index (χ3n) is 8.78. The number of carbonyl (C=O) groups excluding carboxylic acids is 2. The van der Waals surface area contributed by atoms with Crippen LogP contribution in [0, 0.1) is 26.7 Å². The molecule has 2 unspecified atom stereocenters. The number of fused-ring (bicyclic) bond motifs is 2. The van der Waals surface area contributed by atoms with E-state index in [0.29, 0.717) is 52.6 Å². The number of hydrogen-bond donors (Lipinski definition) is 3. The number of aliphatic hydroxyl groups is 1. The van der Waals surface area contributed by atoms with Gasteiger partial charge in [0.25, 0.3) is 17.3 Å². The lowest BCUT2D eigenvalue weighted by atomic mass is 9.81. The second kappa shape index (κ2) is 10.7. The SMILES string of the molecule is CCC(O)C(=O)NC1CCC(C2(C)Oc3c(C)c4c(c(Cl)c3O2)CCN(Cc2c(C)cc(C)[nH]c2=O)C4=O)CC1. The second-order valence-electron chi connectivity index (χ2n) is 11.6. The van der Waals surface area contributed by atoms with Crippen molar-refractivity contribution in [3.63, 3.8) is 0 Å². The summed E-state index contributed by atoms with van der Waals surface area (Å²) >= 11 is 6.87. The molecule has 2 aromatic rings. The van der Waals surface area contributed by atoms with Gasteiger partial charge in [0.05, 0.1) is 17.1 Å². The van der Waals surface area contributed by atoms with Crippen LogP contribution in [0.25, 0.3) is 0 Å². The van der Waals surface area contributed by atoms with Gasteiger partial charge in [-0.25, -0.2) is 0 Å². The average molecular weight is 572 g/mol. The Kier molecular flexibility index (Phi) is 7.65. The van der Waals surface area contributed by atoms with Gasteiger partial charge in [0.15, 0.2) is 11.5 Å². The number of rotatable bonds is 6. The molecule has 1 fully saturated rings. The molecule has 5 rings (SSSR count). The second-order valence-corrected chi connectivity index (χ2v) is 11.9. The number of benzene rings is 1. The summed E-state index contributed by atoms with van der Waals surface area (Å²) in [4.78, 5) is 43.0. The highest BCUT2D eigenvalue weighted by Crippen LogP contribution is 2.53. The number of nitrogens with one attached hydrogen (secondary N) is 2. The molecule has 9 nitrogen and oxygen atoms in total. The number of H-pyrrole nitrogens is 1. The first-order valence-corrected chi connectivity index (χ1v) is 14.5. The van der Waals surface area contributed by atoms with Crippen molar-refractivity contribution in [2.24, 2.45) is 5.92 Å². The molecule has 216 valence electrons. The Labute approximate surface area is 239 Å². The van der Waals surface area contributed by atoms with Gasteiger partial charge in [-0.05, 0) is 76.5 Å². The third kappa shape index (κ3) is 4.98. The highest BCUT2D eigenvalue weighted by Gasteiger charge is 2.48. The lowest BCUT2D eigenvalue weighted by molar-refractivity contribution is -0.132. The summed E-state index contributed by atoms with van der Waals surface area (Å²) in [6.07, 6.45) is 2.98. The van der Waals surface area contributed by atoms with Crippen LogP contribution in [0.4, 0.5) is 0 Å². The molecule has 0 bridgehead atoms. The molecule has 2 atom stereocenters.